The SMILES string of the molecule is C[C@H](NC(=O)NC1CCOC(C)(C)C1)C(=O)O. The van der Waals surface area contributed by atoms with Crippen molar-refractivity contribution >= 4 is 12.0 Å². The molecule has 0 saturated carbocycles. The first-order valence-electron chi connectivity index (χ1n) is 5.74. The van der Waals surface area contributed by atoms with Crippen LogP contribution in [0.25, 0.3) is 0 Å². The summed E-state index contributed by atoms with van der Waals surface area (Å²) in [6, 6.07) is -1.30. The van der Waals surface area contributed by atoms with E-state index in [1.165, 1.54) is 6.92 Å². The van der Waals surface area contributed by atoms with E-state index >= 15 is 0 Å². The Morgan fingerprint density at radius 3 is 2.65 bits per heavy atom. The lowest BCUT2D eigenvalue weighted by Gasteiger charge is -2.35. The molecule has 1 rings (SSSR count). The van der Waals surface area contributed by atoms with E-state index in [0.29, 0.717) is 6.61 Å². The summed E-state index contributed by atoms with van der Waals surface area (Å²) in [5, 5.41) is 13.8. The summed E-state index contributed by atoms with van der Waals surface area (Å²) < 4.78 is 5.53. The van der Waals surface area contributed by atoms with Crippen LogP contribution in [0.5, 0.6) is 0 Å². The van der Waals surface area contributed by atoms with E-state index in [-0.39, 0.29) is 11.6 Å². The number of carbonyl (C=O) groups excluding carboxylic acids is 1. The second kappa shape index (κ2) is 5.35. The molecular weight excluding hydrogens is 224 g/mol. The third-order valence-corrected chi connectivity index (χ3v) is 2.75. The summed E-state index contributed by atoms with van der Waals surface area (Å²) in [6.07, 6.45) is 1.47. The lowest BCUT2D eigenvalue weighted by Crippen LogP contribution is -2.51. The molecule has 0 aromatic heterocycles. The zero-order chi connectivity index (χ0) is 13.1. The molecule has 1 aliphatic rings. The van der Waals surface area contributed by atoms with E-state index < -0.39 is 18.0 Å². The van der Waals surface area contributed by atoms with Crippen molar-refractivity contribution in [3.8, 4) is 0 Å². The summed E-state index contributed by atoms with van der Waals surface area (Å²) in [5.74, 6) is -1.05. The molecule has 2 atom stereocenters. The molecule has 6 heteroatoms. The fourth-order valence-corrected chi connectivity index (χ4v) is 1.84. The van der Waals surface area contributed by atoms with Crippen LogP contribution in [0.2, 0.25) is 0 Å². The maximum atomic E-state index is 11.5. The molecule has 98 valence electrons. The number of amides is 2. The summed E-state index contributed by atoms with van der Waals surface area (Å²) in [7, 11) is 0. The van der Waals surface area contributed by atoms with Crippen LogP contribution < -0.4 is 10.6 Å². The first-order chi connectivity index (χ1) is 7.80. The van der Waals surface area contributed by atoms with Gasteiger partial charge in [0.2, 0.25) is 0 Å². The van der Waals surface area contributed by atoms with E-state index in [1.54, 1.807) is 0 Å². The number of carboxylic acids is 1. The number of carboxylic acid groups (broad SMARTS) is 1. The molecule has 1 fully saturated rings. The van der Waals surface area contributed by atoms with Gasteiger partial charge in [-0.15, -0.1) is 0 Å². The first-order valence-corrected chi connectivity index (χ1v) is 5.74. The van der Waals surface area contributed by atoms with E-state index in [9.17, 15) is 9.59 Å². The molecule has 1 aliphatic heterocycles. The van der Waals surface area contributed by atoms with E-state index in [0.717, 1.165) is 12.8 Å². The Kier molecular flexibility index (Phi) is 4.34. The Hall–Kier alpha value is -1.30. The molecule has 1 heterocycles. The zero-order valence-electron chi connectivity index (χ0n) is 10.4. The molecule has 0 aromatic rings. The van der Waals surface area contributed by atoms with Crippen LogP contribution in [0.3, 0.4) is 0 Å². The van der Waals surface area contributed by atoms with Crippen LogP contribution in [0.1, 0.15) is 33.6 Å². The summed E-state index contributed by atoms with van der Waals surface area (Å²) in [4.78, 5) is 22.1. The van der Waals surface area contributed by atoms with Crippen molar-refractivity contribution < 1.29 is 19.4 Å². The van der Waals surface area contributed by atoms with Gasteiger partial charge in [-0.2, -0.15) is 0 Å². The molecule has 2 amide bonds. The van der Waals surface area contributed by atoms with E-state index in [4.69, 9.17) is 9.84 Å². The minimum absolute atomic E-state index is 0.0275. The molecule has 6 nitrogen and oxygen atoms in total. The fourth-order valence-electron chi connectivity index (χ4n) is 1.84. The third kappa shape index (κ3) is 4.60. The molecular formula is C11H20N2O4. The highest BCUT2D eigenvalue weighted by atomic mass is 16.5. The molecule has 0 aromatic carbocycles. The lowest BCUT2D eigenvalue weighted by molar-refractivity contribution is -0.138. The van der Waals surface area contributed by atoms with E-state index in [2.05, 4.69) is 10.6 Å². The standard InChI is InChI=1S/C11H20N2O4/c1-7(9(14)15)12-10(16)13-8-4-5-17-11(2,3)6-8/h7-8H,4-6H2,1-3H3,(H,14,15)(H2,12,13,16)/t7-,8?/m0/s1. The fraction of sp³-hybridized carbons (Fsp3) is 0.818. The van der Waals surface area contributed by atoms with Crippen molar-refractivity contribution in [2.45, 2.75) is 51.3 Å². The Bertz CT molecular complexity index is 304. The molecule has 0 radical (unpaired) electrons. The van der Waals surface area contributed by atoms with Gasteiger partial charge < -0.3 is 20.5 Å². The number of nitrogens with one attached hydrogen (secondary N) is 2. The number of rotatable bonds is 3. The predicted octanol–water partition coefficient (Wildman–Crippen LogP) is 0.716. The largest absolute Gasteiger partial charge is 0.480 e. The molecule has 0 spiro atoms. The van der Waals surface area contributed by atoms with Gasteiger partial charge in [0.15, 0.2) is 0 Å². The molecule has 0 aliphatic carbocycles. The number of ether oxygens (including phenoxy) is 1. The second-order valence-corrected chi connectivity index (χ2v) is 4.98. The van der Waals surface area contributed by atoms with Gasteiger partial charge in [-0.3, -0.25) is 4.79 Å². The number of hydrogen-bond acceptors (Lipinski definition) is 3. The van der Waals surface area contributed by atoms with Crippen molar-refractivity contribution in [3.05, 3.63) is 0 Å². The minimum Gasteiger partial charge on any atom is -0.480 e. The Morgan fingerprint density at radius 2 is 2.12 bits per heavy atom. The third-order valence-electron chi connectivity index (χ3n) is 2.75. The first kappa shape index (κ1) is 13.8. The van der Waals surface area contributed by atoms with Gasteiger partial charge >= 0.3 is 12.0 Å². The maximum Gasteiger partial charge on any atom is 0.325 e. The van der Waals surface area contributed by atoms with Crippen LogP contribution in [-0.4, -0.2) is 41.4 Å². The van der Waals surface area contributed by atoms with Gasteiger partial charge in [0.05, 0.1) is 5.60 Å². The Morgan fingerprint density at radius 1 is 1.47 bits per heavy atom. The van der Waals surface area contributed by atoms with Crippen molar-refractivity contribution in [3.63, 3.8) is 0 Å². The van der Waals surface area contributed by atoms with Crippen LogP contribution in [0.4, 0.5) is 4.79 Å². The topological polar surface area (TPSA) is 87.7 Å². The smallest absolute Gasteiger partial charge is 0.325 e. The van der Waals surface area contributed by atoms with Gasteiger partial charge in [-0.1, -0.05) is 0 Å². The number of hydrogen-bond donors (Lipinski definition) is 3. The summed E-state index contributed by atoms with van der Waals surface area (Å²) >= 11 is 0. The van der Waals surface area contributed by atoms with E-state index in [1.807, 2.05) is 13.8 Å². The van der Waals surface area contributed by atoms with Crippen LogP contribution >= 0.6 is 0 Å². The van der Waals surface area contributed by atoms with Crippen LogP contribution in [0, 0.1) is 0 Å². The number of aliphatic carboxylic acids is 1. The van der Waals surface area contributed by atoms with Crippen molar-refractivity contribution in [1.29, 1.82) is 0 Å². The minimum atomic E-state index is -1.05. The van der Waals surface area contributed by atoms with Gasteiger partial charge in [0.1, 0.15) is 6.04 Å². The molecule has 1 saturated heterocycles. The maximum absolute atomic E-state index is 11.5. The molecule has 17 heavy (non-hydrogen) atoms. The summed E-state index contributed by atoms with van der Waals surface area (Å²) in [5.41, 5.74) is -0.241. The van der Waals surface area contributed by atoms with Gasteiger partial charge in [-0.05, 0) is 33.6 Å². The molecule has 3 N–H and O–H groups in total. The second-order valence-electron chi connectivity index (χ2n) is 4.98. The molecule has 1 unspecified atom stereocenters. The van der Waals surface area contributed by atoms with Crippen LogP contribution in [0.15, 0.2) is 0 Å². The van der Waals surface area contributed by atoms with Crippen LogP contribution in [-0.2, 0) is 9.53 Å². The average molecular weight is 244 g/mol. The normalized spacial score (nSPS) is 24.8. The highest BCUT2D eigenvalue weighted by Crippen LogP contribution is 2.23. The number of carbonyl (C=O) groups is 2. The van der Waals surface area contributed by atoms with Crippen molar-refractivity contribution in [1.82, 2.24) is 10.6 Å². The quantitative estimate of drug-likeness (QED) is 0.682. The average Bonchev–Trinajstić information content (AvgIpc) is 2.15. The van der Waals surface area contributed by atoms with Gasteiger partial charge in [0.25, 0.3) is 0 Å². The predicted molar refractivity (Wildman–Crippen MR) is 61.8 cm³/mol. The summed E-state index contributed by atoms with van der Waals surface area (Å²) in [6.45, 7) is 5.97. The zero-order valence-corrected chi connectivity index (χ0v) is 10.4. The molecule has 0 bridgehead atoms. The van der Waals surface area contributed by atoms with Crippen molar-refractivity contribution in [2.75, 3.05) is 6.61 Å². The monoisotopic (exact) mass is 244 g/mol. The Labute approximate surface area is 101 Å². The Balaban J connectivity index is 2.38. The highest BCUT2D eigenvalue weighted by molar-refractivity contribution is 5.82. The van der Waals surface area contributed by atoms with Gasteiger partial charge in [0, 0.05) is 12.6 Å². The number of urea groups is 1. The lowest BCUT2D eigenvalue weighted by atomic mass is 9.94. The van der Waals surface area contributed by atoms with Gasteiger partial charge in [-0.25, -0.2) is 4.79 Å². The highest BCUT2D eigenvalue weighted by Gasteiger charge is 2.29. The van der Waals surface area contributed by atoms with Crippen molar-refractivity contribution in [2.24, 2.45) is 0 Å².